The van der Waals surface area contributed by atoms with E-state index in [1.807, 2.05) is 59.5 Å². The summed E-state index contributed by atoms with van der Waals surface area (Å²) in [6.07, 6.45) is 1.93. The third-order valence-corrected chi connectivity index (χ3v) is 5.06. The molecular weight excluding hydrogens is 403 g/mol. The van der Waals surface area contributed by atoms with E-state index < -0.39 is 0 Å². The third kappa shape index (κ3) is 5.75. The van der Waals surface area contributed by atoms with Gasteiger partial charge in [-0.05, 0) is 48.4 Å². The van der Waals surface area contributed by atoms with Crippen LogP contribution in [0.15, 0.2) is 78.9 Å². The molecule has 0 unspecified atom stereocenters. The molecule has 0 aliphatic heterocycles. The zero-order valence-electron chi connectivity index (χ0n) is 16.4. The molecule has 150 valence electrons. The molecule has 0 saturated carbocycles. The molecule has 0 aliphatic rings. The molecule has 5 heteroatoms. The molecule has 0 atom stereocenters. The van der Waals surface area contributed by atoms with Crippen LogP contribution in [-0.2, 0) is 6.54 Å². The number of carbonyl (C=O) groups excluding carboxylic acids is 1. The molecule has 0 bridgehead atoms. The second-order valence-corrected chi connectivity index (χ2v) is 7.71. The van der Waals surface area contributed by atoms with Crippen molar-refractivity contribution < 1.29 is 4.79 Å². The first-order chi connectivity index (χ1) is 14.1. The normalized spacial score (nSPS) is 10.6. The van der Waals surface area contributed by atoms with Gasteiger partial charge in [0.25, 0.3) is 0 Å². The van der Waals surface area contributed by atoms with Gasteiger partial charge >= 0.3 is 6.03 Å². The topological polar surface area (TPSA) is 23.6 Å². The molecule has 3 rings (SSSR count). The summed E-state index contributed by atoms with van der Waals surface area (Å²) < 4.78 is 0. The fourth-order valence-electron chi connectivity index (χ4n) is 3.14. The average molecular weight is 427 g/mol. The van der Waals surface area contributed by atoms with Crippen molar-refractivity contribution in [1.82, 2.24) is 4.90 Å². The molecule has 0 N–H and O–H groups in total. The summed E-state index contributed by atoms with van der Waals surface area (Å²) in [6, 6.07) is 24.6. The largest absolute Gasteiger partial charge is 0.329 e. The molecule has 0 saturated heterocycles. The van der Waals surface area contributed by atoms with E-state index in [-0.39, 0.29) is 6.03 Å². The predicted octanol–water partition coefficient (Wildman–Crippen LogP) is 7.55. The fraction of sp³-hybridized carbons (Fsp3) is 0.208. The zero-order valence-corrected chi connectivity index (χ0v) is 17.9. The number of hydrogen-bond donors (Lipinski definition) is 0. The number of urea groups is 1. The standard InChI is InChI=1S/C24H24Cl2N2O/c1-2-3-15-27(18-19-9-5-4-6-10-19)24(29)28(22-13-7-11-20(25)16-22)23-14-8-12-21(26)17-23/h4-14,16-17H,2-3,15,18H2,1H3. The minimum Gasteiger partial charge on any atom is -0.320 e. The number of halogens is 2. The Morgan fingerprint density at radius 3 is 1.93 bits per heavy atom. The lowest BCUT2D eigenvalue weighted by Gasteiger charge is -2.31. The summed E-state index contributed by atoms with van der Waals surface area (Å²) in [5, 5.41) is 1.15. The van der Waals surface area contributed by atoms with E-state index >= 15 is 0 Å². The molecule has 2 amide bonds. The second-order valence-electron chi connectivity index (χ2n) is 6.84. The highest BCUT2D eigenvalue weighted by Gasteiger charge is 2.24. The van der Waals surface area contributed by atoms with Crippen LogP contribution in [0.3, 0.4) is 0 Å². The van der Waals surface area contributed by atoms with E-state index in [1.165, 1.54) is 0 Å². The number of unbranched alkanes of at least 4 members (excludes halogenated alkanes) is 1. The molecule has 0 heterocycles. The summed E-state index contributed by atoms with van der Waals surface area (Å²) in [5.74, 6) is 0. The minimum absolute atomic E-state index is 0.105. The van der Waals surface area contributed by atoms with Crippen LogP contribution < -0.4 is 4.90 Å². The van der Waals surface area contributed by atoms with Crippen molar-refractivity contribution in [2.24, 2.45) is 0 Å². The molecule has 29 heavy (non-hydrogen) atoms. The van der Waals surface area contributed by atoms with Gasteiger partial charge in [0, 0.05) is 23.1 Å². The quantitative estimate of drug-likeness (QED) is 0.382. The summed E-state index contributed by atoms with van der Waals surface area (Å²) in [6.45, 7) is 3.33. The van der Waals surface area contributed by atoms with Crippen molar-refractivity contribution in [1.29, 1.82) is 0 Å². The summed E-state index contributed by atoms with van der Waals surface area (Å²) >= 11 is 12.5. The molecule has 3 nitrogen and oxygen atoms in total. The Hall–Kier alpha value is -2.49. The molecule has 3 aromatic carbocycles. The van der Waals surface area contributed by atoms with E-state index in [2.05, 4.69) is 6.92 Å². The van der Waals surface area contributed by atoms with Crippen molar-refractivity contribution in [2.75, 3.05) is 11.4 Å². The summed E-state index contributed by atoms with van der Waals surface area (Å²) in [7, 11) is 0. The lowest BCUT2D eigenvalue weighted by Crippen LogP contribution is -2.41. The van der Waals surface area contributed by atoms with Gasteiger partial charge in [0.2, 0.25) is 0 Å². The minimum atomic E-state index is -0.105. The van der Waals surface area contributed by atoms with Crippen LogP contribution in [-0.4, -0.2) is 17.5 Å². The Labute approximate surface area is 182 Å². The van der Waals surface area contributed by atoms with Crippen molar-refractivity contribution in [3.63, 3.8) is 0 Å². The molecule has 0 radical (unpaired) electrons. The SMILES string of the molecule is CCCCN(Cc1ccccc1)C(=O)N(c1cccc(Cl)c1)c1cccc(Cl)c1. The molecule has 0 spiro atoms. The first-order valence-electron chi connectivity index (χ1n) is 9.72. The number of nitrogens with zero attached hydrogens (tertiary/aromatic N) is 2. The second kappa shape index (κ2) is 10.3. The van der Waals surface area contributed by atoms with Crippen LogP contribution in [0.1, 0.15) is 25.3 Å². The van der Waals surface area contributed by atoms with Gasteiger partial charge in [-0.1, -0.05) is 79.0 Å². The Balaban J connectivity index is 2.00. The van der Waals surface area contributed by atoms with Gasteiger partial charge in [0.05, 0.1) is 11.4 Å². The lowest BCUT2D eigenvalue weighted by atomic mass is 10.2. The molecule has 0 aromatic heterocycles. The van der Waals surface area contributed by atoms with Crippen LogP contribution in [0.5, 0.6) is 0 Å². The van der Waals surface area contributed by atoms with Crippen LogP contribution in [0.2, 0.25) is 10.0 Å². The maximum atomic E-state index is 13.7. The van der Waals surface area contributed by atoms with E-state index in [1.54, 1.807) is 29.2 Å². The Morgan fingerprint density at radius 2 is 1.41 bits per heavy atom. The lowest BCUT2D eigenvalue weighted by molar-refractivity contribution is 0.203. The molecular formula is C24H24Cl2N2O. The van der Waals surface area contributed by atoms with E-state index in [0.29, 0.717) is 34.5 Å². The van der Waals surface area contributed by atoms with Gasteiger partial charge in [-0.25, -0.2) is 4.79 Å². The summed E-state index contributed by atoms with van der Waals surface area (Å²) in [4.78, 5) is 17.3. The Bertz CT molecular complexity index is 901. The number of carbonyl (C=O) groups is 1. The first kappa shape index (κ1) is 21.2. The third-order valence-electron chi connectivity index (χ3n) is 4.59. The predicted molar refractivity (Wildman–Crippen MR) is 122 cm³/mol. The van der Waals surface area contributed by atoms with Gasteiger partial charge in [0.1, 0.15) is 0 Å². The average Bonchev–Trinajstić information content (AvgIpc) is 2.72. The number of hydrogen-bond acceptors (Lipinski definition) is 1. The van der Waals surface area contributed by atoms with Crippen molar-refractivity contribution in [3.05, 3.63) is 94.5 Å². The highest BCUT2D eigenvalue weighted by atomic mass is 35.5. The van der Waals surface area contributed by atoms with Gasteiger partial charge in [-0.2, -0.15) is 0 Å². The highest BCUT2D eigenvalue weighted by Crippen LogP contribution is 2.31. The molecule has 0 fully saturated rings. The van der Waals surface area contributed by atoms with Crippen molar-refractivity contribution >= 4 is 40.6 Å². The molecule has 0 aliphatic carbocycles. The van der Waals surface area contributed by atoms with Crippen LogP contribution >= 0.6 is 23.2 Å². The van der Waals surface area contributed by atoms with Gasteiger partial charge in [-0.15, -0.1) is 0 Å². The van der Waals surface area contributed by atoms with Crippen molar-refractivity contribution in [2.45, 2.75) is 26.3 Å². The maximum absolute atomic E-state index is 13.7. The number of benzene rings is 3. The van der Waals surface area contributed by atoms with Gasteiger partial charge in [-0.3, -0.25) is 4.90 Å². The van der Waals surface area contributed by atoms with E-state index in [0.717, 1.165) is 18.4 Å². The Kier molecular flexibility index (Phi) is 7.56. The maximum Gasteiger partial charge on any atom is 0.329 e. The number of amides is 2. The number of rotatable bonds is 7. The van der Waals surface area contributed by atoms with E-state index in [9.17, 15) is 4.79 Å². The van der Waals surface area contributed by atoms with Gasteiger partial charge < -0.3 is 4.90 Å². The Morgan fingerprint density at radius 1 is 0.828 bits per heavy atom. The van der Waals surface area contributed by atoms with Gasteiger partial charge in [0.15, 0.2) is 0 Å². The molecule has 3 aromatic rings. The summed E-state index contributed by atoms with van der Waals surface area (Å²) in [5.41, 5.74) is 2.51. The first-order valence-corrected chi connectivity index (χ1v) is 10.5. The van der Waals surface area contributed by atoms with Crippen LogP contribution in [0.25, 0.3) is 0 Å². The van der Waals surface area contributed by atoms with Crippen molar-refractivity contribution in [3.8, 4) is 0 Å². The smallest absolute Gasteiger partial charge is 0.320 e. The zero-order chi connectivity index (χ0) is 20.6. The van der Waals surface area contributed by atoms with Crippen LogP contribution in [0.4, 0.5) is 16.2 Å². The van der Waals surface area contributed by atoms with E-state index in [4.69, 9.17) is 23.2 Å². The fourth-order valence-corrected chi connectivity index (χ4v) is 3.51. The number of anilines is 2. The monoisotopic (exact) mass is 426 g/mol. The van der Waals surface area contributed by atoms with Crippen LogP contribution in [0, 0.1) is 0 Å². The highest BCUT2D eigenvalue weighted by molar-refractivity contribution is 6.31.